The van der Waals surface area contributed by atoms with E-state index in [4.69, 9.17) is 9.47 Å². The van der Waals surface area contributed by atoms with Crippen molar-refractivity contribution in [2.75, 3.05) is 32.9 Å². The standard InChI is InChI=1S/C32H33N3O6/c36-28(33-31(29(37)38)14-16-35(20-31)18-22-8-2-1-3-9-22)32(15-17-40-21-32)34-30(39)41-19-27-25-12-6-4-10-23(25)24-11-5-7-13-26(24)27/h1-13,27H,14-21H2,(H,33,36)(H,34,39)(H,37,38). The number of ether oxygens (including phenoxy) is 2. The molecule has 1 aliphatic carbocycles. The Morgan fingerprint density at radius 3 is 2.17 bits per heavy atom. The Balaban J connectivity index is 1.13. The molecule has 3 aliphatic rings. The molecule has 3 aromatic carbocycles. The molecule has 3 N–H and O–H groups in total. The number of likely N-dealkylation sites (tertiary alicyclic amines) is 1. The van der Waals surface area contributed by atoms with Gasteiger partial charge in [0.2, 0.25) is 5.91 Å². The predicted octanol–water partition coefficient (Wildman–Crippen LogP) is 3.53. The Hall–Kier alpha value is -4.21. The summed E-state index contributed by atoms with van der Waals surface area (Å²) < 4.78 is 11.2. The van der Waals surface area contributed by atoms with Gasteiger partial charge < -0.3 is 25.2 Å². The van der Waals surface area contributed by atoms with Crippen molar-refractivity contribution in [2.45, 2.75) is 36.4 Å². The Bertz CT molecular complexity index is 1410. The molecule has 3 aromatic rings. The monoisotopic (exact) mass is 555 g/mol. The number of carboxylic acid groups (broad SMARTS) is 1. The molecule has 2 saturated heterocycles. The third-order valence-electron chi connectivity index (χ3n) is 8.50. The highest BCUT2D eigenvalue weighted by atomic mass is 16.6. The van der Waals surface area contributed by atoms with E-state index in [1.54, 1.807) is 0 Å². The summed E-state index contributed by atoms with van der Waals surface area (Å²) in [5.41, 5.74) is 2.59. The van der Waals surface area contributed by atoms with Crippen LogP contribution in [0.3, 0.4) is 0 Å². The maximum absolute atomic E-state index is 13.7. The number of carbonyl (C=O) groups excluding carboxylic acids is 2. The van der Waals surface area contributed by atoms with Crippen molar-refractivity contribution in [3.63, 3.8) is 0 Å². The number of aliphatic carboxylic acids is 1. The van der Waals surface area contributed by atoms with Crippen molar-refractivity contribution in [3.05, 3.63) is 95.6 Å². The zero-order valence-corrected chi connectivity index (χ0v) is 22.7. The Morgan fingerprint density at radius 2 is 1.54 bits per heavy atom. The van der Waals surface area contributed by atoms with E-state index in [0.29, 0.717) is 13.1 Å². The first-order valence-electron chi connectivity index (χ1n) is 13.9. The van der Waals surface area contributed by atoms with Crippen LogP contribution in [0.15, 0.2) is 78.9 Å². The third-order valence-corrected chi connectivity index (χ3v) is 8.50. The van der Waals surface area contributed by atoms with Crippen LogP contribution in [0.1, 0.15) is 35.4 Å². The van der Waals surface area contributed by atoms with Gasteiger partial charge in [-0.25, -0.2) is 9.59 Å². The van der Waals surface area contributed by atoms with Gasteiger partial charge in [0.15, 0.2) is 5.54 Å². The molecule has 2 aliphatic heterocycles. The van der Waals surface area contributed by atoms with Crippen molar-refractivity contribution >= 4 is 18.0 Å². The highest BCUT2D eigenvalue weighted by molar-refractivity contribution is 5.95. The van der Waals surface area contributed by atoms with Crippen LogP contribution in [0.2, 0.25) is 0 Å². The molecule has 0 saturated carbocycles. The number of amides is 2. The van der Waals surface area contributed by atoms with Crippen LogP contribution in [0, 0.1) is 0 Å². The average molecular weight is 556 g/mol. The first kappa shape index (κ1) is 27.0. The van der Waals surface area contributed by atoms with E-state index in [1.807, 2.05) is 71.6 Å². The van der Waals surface area contributed by atoms with Crippen LogP contribution in [-0.4, -0.2) is 72.0 Å². The Kier molecular flexibility index (Phi) is 7.23. The number of fused-ring (bicyclic) bond motifs is 3. The van der Waals surface area contributed by atoms with E-state index in [2.05, 4.69) is 22.8 Å². The minimum Gasteiger partial charge on any atom is -0.479 e. The van der Waals surface area contributed by atoms with Gasteiger partial charge >= 0.3 is 12.1 Å². The minimum atomic E-state index is -1.47. The first-order valence-corrected chi connectivity index (χ1v) is 13.9. The van der Waals surface area contributed by atoms with Gasteiger partial charge in [-0.15, -0.1) is 0 Å². The average Bonchev–Trinajstić information content (AvgIpc) is 3.70. The fraction of sp³-hybridized carbons (Fsp3) is 0.344. The predicted molar refractivity (Wildman–Crippen MR) is 151 cm³/mol. The van der Waals surface area contributed by atoms with Crippen LogP contribution in [0.4, 0.5) is 4.79 Å². The van der Waals surface area contributed by atoms with Gasteiger partial charge in [0.1, 0.15) is 12.1 Å². The number of carbonyl (C=O) groups is 3. The van der Waals surface area contributed by atoms with Gasteiger partial charge in [-0.1, -0.05) is 78.9 Å². The molecule has 2 amide bonds. The van der Waals surface area contributed by atoms with E-state index in [1.165, 1.54) is 0 Å². The molecule has 2 atom stereocenters. The number of nitrogens with zero attached hydrogens (tertiary/aromatic N) is 1. The lowest BCUT2D eigenvalue weighted by Crippen LogP contribution is -2.66. The summed E-state index contributed by atoms with van der Waals surface area (Å²) in [5.74, 6) is -1.80. The van der Waals surface area contributed by atoms with Gasteiger partial charge in [0.25, 0.3) is 0 Å². The van der Waals surface area contributed by atoms with Crippen molar-refractivity contribution in [1.82, 2.24) is 15.5 Å². The number of benzene rings is 3. The SMILES string of the molecule is O=C(NC1(C(=O)NC2(C(=O)O)CCN(Cc3ccccc3)C2)CCOC1)OCC1c2ccccc2-c2ccccc21. The van der Waals surface area contributed by atoms with E-state index in [0.717, 1.165) is 27.8 Å². The number of alkyl carbamates (subject to hydrolysis) is 1. The third kappa shape index (κ3) is 5.18. The van der Waals surface area contributed by atoms with E-state index in [9.17, 15) is 19.5 Å². The fourth-order valence-electron chi connectivity index (χ4n) is 6.26. The lowest BCUT2D eigenvalue weighted by atomic mass is 9.92. The highest BCUT2D eigenvalue weighted by Crippen LogP contribution is 2.44. The van der Waals surface area contributed by atoms with Crippen LogP contribution in [-0.2, 0) is 25.6 Å². The molecule has 2 unspecified atom stereocenters. The molecular formula is C32H33N3O6. The topological polar surface area (TPSA) is 117 Å². The summed E-state index contributed by atoms with van der Waals surface area (Å²) >= 11 is 0. The summed E-state index contributed by atoms with van der Waals surface area (Å²) in [7, 11) is 0. The van der Waals surface area contributed by atoms with Gasteiger partial charge in [-0.3, -0.25) is 9.69 Å². The van der Waals surface area contributed by atoms with Crippen LogP contribution in [0.25, 0.3) is 11.1 Å². The van der Waals surface area contributed by atoms with E-state index in [-0.39, 0.29) is 45.1 Å². The summed E-state index contributed by atoms with van der Waals surface area (Å²) in [5, 5.41) is 15.7. The Morgan fingerprint density at radius 1 is 0.878 bits per heavy atom. The van der Waals surface area contributed by atoms with Gasteiger partial charge in [-0.2, -0.15) is 0 Å². The summed E-state index contributed by atoms with van der Waals surface area (Å²) in [4.78, 5) is 41.3. The second kappa shape index (κ2) is 11.0. The molecule has 0 bridgehead atoms. The Labute approximate surface area is 238 Å². The summed E-state index contributed by atoms with van der Waals surface area (Å²) in [6.45, 7) is 1.56. The molecule has 0 aromatic heterocycles. The molecule has 6 rings (SSSR count). The van der Waals surface area contributed by atoms with Gasteiger partial charge in [-0.05, 0) is 34.2 Å². The molecule has 2 fully saturated rings. The summed E-state index contributed by atoms with van der Waals surface area (Å²) in [6, 6.07) is 25.9. The normalized spacial score (nSPS) is 23.5. The molecule has 0 spiro atoms. The van der Waals surface area contributed by atoms with E-state index < -0.39 is 29.0 Å². The number of rotatable bonds is 8. The second-order valence-electron chi connectivity index (χ2n) is 11.1. The first-order chi connectivity index (χ1) is 19.9. The van der Waals surface area contributed by atoms with Crippen molar-refractivity contribution in [3.8, 4) is 11.1 Å². The molecular weight excluding hydrogens is 522 g/mol. The molecule has 2 heterocycles. The molecule has 0 radical (unpaired) electrons. The smallest absolute Gasteiger partial charge is 0.408 e. The number of hydrogen-bond donors (Lipinski definition) is 3. The fourth-order valence-corrected chi connectivity index (χ4v) is 6.26. The molecule has 9 heteroatoms. The zero-order chi connectivity index (χ0) is 28.5. The highest BCUT2D eigenvalue weighted by Gasteiger charge is 2.52. The van der Waals surface area contributed by atoms with Crippen molar-refractivity contribution in [1.29, 1.82) is 0 Å². The minimum absolute atomic E-state index is 0.0630. The lowest BCUT2D eigenvalue weighted by Gasteiger charge is -2.33. The van der Waals surface area contributed by atoms with Crippen LogP contribution in [0.5, 0.6) is 0 Å². The molecule has 41 heavy (non-hydrogen) atoms. The zero-order valence-electron chi connectivity index (χ0n) is 22.7. The van der Waals surface area contributed by atoms with E-state index >= 15 is 0 Å². The van der Waals surface area contributed by atoms with Crippen molar-refractivity contribution in [2.24, 2.45) is 0 Å². The van der Waals surface area contributed by atoms with Crippen LogP contribution >= 0.6 is 0 Å². The quantitative estimate of drug-likeness (QED) is 0.389. The van der Waals surface area contributed by atoms with Gasteiger partial charge in [0.05, 0.1) is 6.61 Å². The molecule has 212 valence electrons. The number of carboxylic acids is 1. The van der Waals surface area contributed by atoms with Crippen molar-refractivity contribution < 1.29 is 29.0 Å². The van der Waals surface area contributed by atoms with Crippen LogP contribution < -0.4 is 10.6 Å². The molecule has 9 nitrogen and oxygen atoms in total. The maximum Gasteiger partial charge on any atom is 0.408 e. The van der Waals surface area contributed by atoms with Gasteiger partial charge in [0, 0.05) is 38.6 Å². The number of hydrogen-bond acceptors (Lipinski definition) is 6. The largest absolute Gasteiger partial charge is 0.479 e. The number of nitrogens with one attached hydrogen (secondary N) is 2. The lowest BCUT2D eigenvalue weighted by molar-refractivity contribution is -0.148. The second-order valence-corrected chi connectivity index (χ2v) is 11.1. The summed E-state index contributed by atoms with van der Waals surface area (Å²) in [6.07, 6.45) is -0.274. The maximum atomic E-state index is 13.7.